The largest absolute Gasteiger partial charge is 0.444 e. The first-order valence-corrected chi connectivity index (χ1v) is 4.98. The molecule has 0 bridgehead atoms. The predicted molar refractivity (Wildman–Crippen MR) is 56.6 cm³/mol. The maximum atomic E-state index is 11.8. The third-order valence-electron chi connectivity index (χ3n) is 1.93. The van der Waals surface area contributed by atoms with Crippen LogP contribution in [0.4, 0.5) is 4.79 Å². The number of ether oxygens (including phenoxy) is 1. The van der Waals surface area contributed by atoms with Crippen LogP contribution in [-0.2, 0) is 9.53 Å². The Hall–Kier alpha value is -1.06. The minimum atomic E-state index is -2.23. The topological polar surface area (TPSA) is 46.6 Å². The third-order valence-corrected chi connectivity index (χ3v) is 1.93. The molecule has 1 atom stereocenters. The summed E-state index contributed by atoms with van der Waals surface area (Å²) in [5.41, 5.74) is -0.660. The minimum absolute atomic E-state index is 0.00417. The lowest BCUT2D eigenvalue weighted by atomic mass is 10.00. The molecule has 4 heteroatoms. The lowest BCUT2D eigenvalue weighted by Crippen LogP contribution is -2.45. The molecule has 1 fully saturated rings. The van der Waals surface area contributed by atoms with Crippen molar-refractivity contribution in [1.29, 1.82) is 0 Å². The fourth-order valence-electron chi connectivity index (χ4n) is 1.41. The fraction of sp³-hybridized carbons (Fsp3) is 0.818. The van der Waals surface area contributed by atoms with Gasteiger partial charge < -0.3 is 9.64 Å². The number of ketones is 1. The summed E-state index contributed by atoms with van der Waals surface area (Å²) in [6.45, 7) is 2.91. The van der Waals surface area contributed by atoms with Gasteiger partial charge in [-0.05, 0) is 26.7 Å². The highest BCUT2D eigenvalue weighted by molar-refractivity contribution is 5.85. The first-order chi connectivity index (χ1) is 7.99. The lowest BCUT2D eigenvalue weighted by molar-refractivity contribution is -0.123. The van der Waals surface area contributed by atoms with Gasteiger partial charge in [0, 0.05) is 17.1 Å². The van der Waals surface area contributed by atoms with E-state index in [0.29, 0.717) is 0 Å². The van der Waals surface area contributed by atoms with Crippen LogP contribution in [0.15, 0.2) is 0 Å². The van der Waals surface area contributed by atoms with E-state index in [4.69, 9.17) is 8.85 Å². The van der Waals surface area contributed by atoms with E-state index in [1.54, 1.807) is 20.8 Å². The van der Waals surface area contributed by atoms with Crippen LogP contribution in [0.5, 0.6) is 0 Å². The summed E-state index contributed by atoms with van der Waals surface area (Å²) in [7, 11) is 0. The maximum absolute atomic E-state index is 11.8. The molecule has 1 aliphatic rings. The normalized spacial score (nSPS) is 26.6. The van der Waals surface area contributed by atoms with E-state index in [9.17, 15) is 9.59 Å². The first kappa shape index (κ1) is 8.13. The Morgan fingerprint density at radius 2 is 2.27 bits per heavy atom. The Bertz CT molecular complexity index is 346. The van der Waals surface area contributed by atoms with Gasteiger partial charge in [-0.25, -0.2) is 4.79 Å². The molecule has 1 heterocycles. The number of nitrogens with zero attached hydrogens (tertiary/aromatic N) is 1. The number of amides is 1. The number of piperidine rings is 1. The second-order valence-electron chi connectivity index (χ2n) is 4.80. The van der Waals surface area contributed by atoms with E-state index in [-0.39, 0.29) is 25.3 Å². The van der Waals surface area contributed by atoms with Crippen molar-refractivity contribution in [2.75, 3.05) is 13.1 Å². The number of carbonyl (C=O) groups is 2. The van der Waals surface area contributed by atoms with Crippen LogP contribution in [0.25, 0.3) is 0 Å². The van der Waals surface area contributed by atoms with Gasteiger partial charge in [-0.2, -0.15) is 0 Å². The van der Waals surface area contributed by atoms with Gasteiger partial charge >= 0.3 is 6.09 Å². The summed E-state index contributed by atoms with van der Waals surface area (Å²) in [6.07, 6.45) is -0.639. The van der Waals surface area contributed by atoms with E-state index in [1.165, 1.54) is 4.90 Å². The van der Waals surface area contributed by atoms with Crippen molar-refractivity contribution in [2.24, 2.45) is 5.92 Å². The van der Waals surface area contributed by atoms with Crippen molar-refractivity contribution in [2.45, 2.75) is 39.6 Å². The van der Waals surface area contributed by atoms with Crippen molar-refractivity contribution < 1.29 is 18.4 Å². The third kappa shape index (κ3) is 3.90. The lowest BCUT2D eigenvalue weighted by Gasteiger charge is -2.31. The number of rotatable bonds is 0. The van der Waals surface area contributed by atoms with Crippen molar-refractivity contribution in [3.05, 3.63) is 0 Å². The number of hydrogen-bond donors (Lipinski definition) is 0. The Balaban J connectivity index is 2.72. The zero-order valence-corrected chi connectivity index (χ0v) is 9.37. The molecule has 0 unspecified atom stereocenters. The van der Waals surface area contributed by atoms with Crippen molar-refractivity contribution in [1.82, 2.24) is 4.90 Å². The predicted octanol–water partition coefficient (Wildman–Crippen LogP) is 1.83. The zero-order chi connectivity index (χ0) is 14.1. The molecule has 0 aromatic rings. The van der Waals surface area contributed by atoms with Crippen LogP contribution < -0.4 is 0 Å². The molecule has 0 aromatic carbocycles. The van der Waals surface area contributed by atoms with E-state index in [1.807, 2.05) is 0 Å². The second kappa shape index (κ2) is 4.21. The van der Waals surface area contributed by atoms with Gasteiger partial charge in [-0.1, -0.05) is 6.85 Å². The van der Waals surface area contributed by atoms with Crippen molar-refractivity contribution in [3.63, 3.8) is 0 Å². The van der Waals surface area contributed by atoms with Crippen LogP contribution in [0.1, 0.15) is 38.2 Å². The molecule has 1 aliphatic heterocycles. The average Bonchev–Trinajstić information content (AvgIpc) is 2.12. The van der Waals surface area contributed by atoms with Crippen LogP contribution in [0.2, 0.25) is 0 Å². The fourth-order valence-corrected chi connectivity index (χ4v) is 1.41. The van der Waals surface area contributed by atoms with E-state index < -0.39 is 24.5 Å². The van der Waals surface area contributed by atoms with E-state index in [0.717, 1.165) is 0 Å². The smallest absolute Gasteiger partial charge is 0.410 e. The molecular formula is C11H19NO3. The monoisotopic (exact) mass is 216 g/mol. The van der Waals surface area contributed by atoms with Gasteiger partial charge in [0.05, 0.1) is 6.54 Å². The van der Waals surface area contributed by atoms with Gasteiger partial charge in [0.15, 0.2) is 5.78 Å². The van der Waals surface area contributed by atoms with Crippen LogP contribution in [0, 0.1) is 5.92 Å². The highest BCUT2D eigenvalue weighted by atomic mass is 16.6. The molecule has 0 aliphatic carbocycles. The number of likely N-dealkylation sites (tertiary alicyclic amines) is 1. The summed E-state index contributed by atoms with van der Waals surface area (Å²) >= 11 is 0. The van der Waals surface area contributed by atoms with Gasteiger partial charge in [0.25, 0.3) is 0 Å². The average molecular weight is 216 g/mol. The second-order valence-corrected chi connectivity index (χ2v) is 4.80. The van der Waals surface area contributed by atoms with E-state index >= 15 is 0 Å². The van der Waals surface area contributed by atoms with Gasteiger partial charge in [-0.3, -0.25) is 4.79 Å². The van der Waals surface area contributed by atoms with Gasteiger partial charge in [0.2, 0.25) is 0 Å². The molecule has 1 amide bonds. The molecule has 0 N–H and O–H groups in total. The first-order valence-electron chi connectivity index (χ1n) is 6.48. The molecule has 4 nitrogen and oxygen atoms in total. The van der Waals surface area contributed by atoms with Gasteiger partial charge in [0.1, 0.15) is 5.60 Å². The van der Waals surface area contributed by atoms with Crippen LogP contribution >= 0.6 is 0 Å². The Labute approximate surface area is 94.8 Å². The Morgan fingerprint density at radius 3 is 2.80 bits per heavy atom. The quantitative estimate of drug-likeness (QED) is 0.620. The van der Waals surface area contributed by atoms with Gasteiger partial charge in [-0.15, -0.1) is 0 Å². The molecular weight excluding hydrogens is 194 g/mol. The number of hydrogen-bond acceptors (Lipinski definition) is 3. The van der Waals surface area contributed by atoms with Crippen molar-refractivity contribution in [3.8, 4) is 0 Å². The minimum Gasteiger partial charge on any atom is -0.444 e. The van der Waals surface area contributed by atoms with Crippen LogP contribution in [-0.4, -0.2) is 35.5 Å². The molecule has 86 valence electrons. The van der Waals surface area contributed by atoms with Crippen LogP contribution in [0.3, 0.4) is 0 Å². The Kier molecular flexibility index (Phi) is 2.28. The molecule has 0 radical (unpaired) electrons. The highest BCUT2D eigenvalue weighted by Crippen LogP contribution is 2.16. The number of carbonyl (C=O) groups excluding carboxylic acids is 2. The SMILES string of the molecule is [2H]C([2H])([2H])[C@H]1CC(=O)CN(C(=O)OC(C)(C)C)C1. The standard InChI is InChI=1S/C11H19NO3/c1-8-5-9(13)7-12(6-8)10(14)15-11(2,3)4/h8H,5-7H2,1-4H3/t8-/m0/s1/i1D3. The molecule has 15 heavy (non-hydrogen) atoms. The van der Waals surface area contributed by atoms with E-state index in [2.05, 4.69) is 0 Å². The summed E-state index contributed by atoms with van der Waals surface area (Å²) in [4.78, 5) is 24.5. The molecule has 1 saturated heterocycles. The Morgan fingerprint density at radius 1 is 1.60 bits per heavy atom. The summed E-state index contributed by atoms with van der Waals surface area (Å²) < 4.78 is 27.1. The molecule has 0 saturated carbocycles. The summed E-state index contributed by atoms with van der Waals surface area (Å²) in [6, 6.07) is 0. The van der Waals surface area contributed by atoms with Crippen molar-refractivity contribution >= 4 is 11.9 Å². The number of Topliss-reactive ketones (excluding diaryl/α,β-unsaturated/α-hetero) is 1. The highest BCUT2D eigenvalue weighted by Gasteiger charge is 2.29. The maximum Gasteiger partial charge on any atom is 0.410 e. The molecule has 0 spiro atoms. The molecule has 1 rings (SSSR count). The zero-order valence-electron chi connectivity index (χ0n) is 12.4. The summed E-state index contributed by atoms with van der Waals surface area (Å²) in [5, 5.41) is 0. The molecule has 0 aromatic heterocycles. The summed E-state index contributed by atoms with van der Waals surface area (Å²) in [5.74, 6) is -1.04.